The van der Waals surface area contributed by atoms with E-state index in [2.05, 4.69) is 16.6 Å². The minimum absolute atomic E-state index is 0.119. The molecular weight excluding hydrogens is 266 g/mol. The van der Waals surface area contributed by atoms with E-state index >= 15 is 0 Å². The lowest BCUT2D eigenvalue weighted by atomic mass is 10.1. The topological polar surface area (TPSA) is 61.4 Å². The molecule has 1 aromatic carbocycles. The molecule has 0 aliphatic heterocycles. The van der Waals surface area contributed by atoms with E-state index in [1.807, 2.05) is 13.8 Å². The van der Waals surface area contributed by atoms with Gasteiger partial charge < -0.3 is 15.5 Å². The predicted molar refractivity (Wildman–Crippen MR) is 84.1 cm³/mol. The number of anilines is 1. The van der Waals surface area contributed by atoms with Crippen LogP contribution in [0.3, 0.4) is 0 Å². The highest BCUT2D eigenvalue weighted by atomic mass is 16.2. The monoisotopic (exact) mass is 287 g/mol. The smallest absolute Gasteiger partial charge is 0.322 e. The maximum absolute atomic E-state index is 11.9. The summed E-state index contributed by atoms with van der Waals surface area (Å²) in [6, 6.07) is 6.57. The van der Waals surface area contributed by atoms with Crippen LogP contribution in [0.5, 0.6) is 0 Å². The zero-order chi connectivity index (χ0) is 15.8. The average Bonchev–Trinajstić information content (AvgIpc) is 2.47. The molecule has 0 unspecified atom stereocenters. The Labute approximate surface area is 125 Å². The second-order valence-electron chi connectivity index (χ2n) is 4.85. The number of hydrogen-bond donors (Lipinski definition) is 2. The van der Waals surface area contributed by atoms with Crippen molar-refractivity contribution in [3.05, 3.63) is 29.8 Å². The molecule has 1 atom stereocenters. The molecule has 21 heavy (non-hydrogen) atoms. The van der Waals surface area contributed by atoms with E-state index in [1.54, 1.807) is 31.3 Å². The van der Waals surface area contributed by atoms with E-state index < -0.39 is 0 Å². The van der Waals surface area contributed by atoms with Crippen LogP contribution in [0.25, 0.3) is 0 Å². The van der Waals surface area contributed by atoms with Crippen molar-refractivity contribution in [2.75, 3.05) is 18.9 Å². The number of carbonyl (C=O) groups is 2. The Hall–Kier alpha value is -2.48. The number of nitrogens with zero attached hydrogens (tertiary/aromatic N) is 1. The Balaban J connectivity index is 2.64. The Kier molecular flexibility index (Phi) is 6.28. The lowest BCUT2D eigenvalue weighted by Gasteiger charge is -2.15. The van der Waals surface area contributed by atoms with Gasteiger partial charge >= 0.3 is 6.03 Å². The van der Waals surface area contributed by atoms with Crippen molar-refractivity contribution in [1.29, 1.82) is 0 Å². The van der Waals surface area contributed by atoms with Crippen molar-refractivity contribution in [1.82, 2.24) is 10.2 Å². The van der Waals surface area contributed by atoms with Crippen molar-refractivity contribution in [2.45, 2.75) is 26.3 Å². The normalized spacial score (nSPS) is 11.1. The first-order valence-corrected chi connectivity index (χ1v) is 6.84. The van der Waals surface area contributed by atoms with Gasteiger partial charge in [-0.1, -0.05) is 12.8 Å². The quantitative estimate of drug-likeness (QED) is 0.816. The van der Waals surface area contributed by atoms with E-state index in [4.69, 9.17) is 6.42 Å². The lowest BCUT2D eigenvalue weighted by Crippen LogP contribution is -2.32. The van der Waals surface area contributed by atoms with Crippen LogP contribution in [0.2, 0.25) is 0 Å². The van der Waals surface area contributed by atoms with Crippen molar-refractivity contribution < 1.29 is 9.59 Å². The van der Waals surface area contributed by atoms with Crippen LogP contribution in [0, 0.1) is 12.3 Å². The van der Waals surface area contributed by atoms with Crippen molar-refractivity contribution in [3.8, 4) is 12.3 Å². The molecule has 3 amide bonds. The first kappa shape index (κ1) is 16.6. The second-order valence-corrected chi connectivity index (χ2v) is 4.85. The molecule has 0 spiro atoms. The van der Waals surface area contributed by atoms with Crippen LogP contribution in [-0.2, 0) is 0 Å². The largest absolute Gasteiger partial charge is 0.350 e. The Morgan fingerprint density at radius 2 is 1.95 bits per heavy atom. The van der Waals surface area contributed by atoms with Gasteiger partial charge in [-0.25, -0.2) is 4.79 Å². The predicted octanol–water partition coefficient (Wildman–Crippen LogP) is 2.31. The zero-order valence-corrected chi connectivity index (χ0v) is 12.6. The van der Waals surface area contributed by atoms with Gasteiger partial charge in [-0.05, 0) is 37.6 Å². The van der Waals surface area contributed by atoms with Gasteiger partial charge in [0.25, 0.3) is 5.91 Å². The van der Waals surface area contributed by atoms with Crippen molar-refractivity contribution >= 4 is 17.6 Å². The first-order chi connectivity index (χ1) is 9.97. The average molecular weight is 287 g/mol. The summed E-state index contributed by atoms with van der Waals surface area (Å²) in [7, 11) is 1.61. The standard InChI is InChI=1S/C16H21N3O2/c1-5-11-19(4)16(21)18-14-9-7-13(8-10-14)15(20)17-12(3)6-2/h1,7-10,12H,6,11H2,2-4H3,(H,17,20)(H,18,21)/t12-/m1/s1. The van der Waals surface area contributed by atoms with Gasteiger partial charge in [0.1, 0.15) is 0 Å². The number of rotatable bonds is 5. The molecule has 0 radical (unpaired) electrons. The number of carbonyl (C=O) groups excluding carboxylic acids is 2. The molecule has 5 heteroatoms. The fourth-order valence-electron chi connectivity index (χ4n) is 1.54. The van der Waals surface area contributed by atoms with Gasteiger partial charge in [0.15, 0.2) is 0 Å². The highest BCUT2D eigenvalue weighted by Gasteiger charge is 2.10. The summed E-state index contributed by atoms with van der Waals surface area (Å²) in [4.78, 5) is 25.0. The number of amides is 3. The maximum Gasteiger partial charge on any atom is 0.322 e. The summed E-state index contributed by atoms with van der Waals surface area (Å²) < 4.78 is 0. The lowest BCUT2D eigenvalue weighted by molar-refractivity contribution is 0.0939. The third-order valence-electron chi connectivity index (χ3n) is 3.06. The molecular formula is C16H21N3O2. The molecule has 0 saturated carbocycles. The van der Waals surface area contributed by atoms with Crippen LogP contribution in [0.4, 0.5) is 10.5 Å². The molecule has 0 heterocycles. The molecule has 0 saturated heterocycles. The molecule has 0 aromatic heterocycles. The van der Waals surface area contributed by atoms with Crippen molar-refractivity contribution in [2.24, 2.45) is 0 Å². The Morgan fingerprint density at radius 1 is 1.33 bits per heavy atom. The minimum Gasteiger partial charge on any atom is -0.350 e. The van der Waals surface area contributed by atoms with Gasteiger partial charge in [0.05, 0.1) is 6.54 Å². The van der Waals surface area contributed by atoms with E-state index in [9.17, 15) is 9.59 Å². The summed E-state index contributed by atoms with van der Waals surface area (Å²) in [5.41, 5.74) is 1.18. The molecule has 0 fully saturated rings. The third kappa shape index (κ3) is 5.19. The zero-order valence-electron chi connectivity index (χ0n) is 12.6. The molecule has 5 nitrogen and oxygen atoms in total. The van der Waals surface area contributed by atoms with Gasteiger partial charge in [-0.15, -0.1) is 6.42 Å². The molecule has 112 valence electrons. The fourth-order valence-corrected chi connectivity index (χ4v) is 1.54. The number of terminal acetylenes is 1. The molecule has 1 aromatic rings. The first-order valence-electron chi connectivity index (χ1n) is 6.84. The number of urea groups is 1. The summed E-state index contributed by atoms with van der Waals surface area (Å²) >= 11 is 0. The van der Waals surface area contributed by atoms with Gasteiger partial charge in [-0.3, -0.25) is 4.79 Å². The minimum atomic E-state index is -0.287. The molecule has 1 rings (SSSR count). The highest BCUT2D eigenvalue weighted by molar-refractivity contribution is 5.95. The molecule has 0 aliphatic rings. The number of benzene rings is 1. The number of nitrogens with one attached hydrogen (secondary N) is 2. The van der Waals surface area contributed by atoms with Gasteiger partial charge in [0.2, 0.25) is 0 Å². The Bertz CT molecular complexity index is 531. The SMILES string of the molecule is C#CCN(C)C(=O)Nc1ccc(C(=O)N[C@H](C)CC)cc1. The van der Waals surface area contributed by atoms with E-state index in [0.717, 1.165) is 6.42 Å². The fraction of sp³-hybridized carbons (Fsp3) is 0.375. The molecule has 0 aliphatic carbocycles. The third-order valence-corrected chi connectivity index (χ3v) is 3.06. The van der Waals surface area contributed by atoms with Crippen LogP contribution in [0.1, 0.15) is 30.6 Å². The van der Waals surface area contributed by atoms with Gasteiger partial charge in [-0.2, -0.15) is 0 Å². The van der Waals surface area contributed by atoms with Crippen molar-refractivity contribution in [3.63, 3.8) is 0 Å². The highest BCUT2D eigenvalue weighted by Crippen LogP contribution is 2.10. The van der Waals surface area contributed by atoms with E-state index in [0.29, 0.717) is 11.3 Å². The van der Waals surface area contributed by atoms with Crippen LogP contribution in [0.15, 0.2) is 24.3 Å². The second kappa shape index (κ2) is 7.95. The summed E-state index contributed by atoms with van der Waals surface area (Å²) in [6.45, 7) is 4.20. The number of hydrogen-bond acceptors (Lipinski definition) is 2. The summed E-state index contributed by atoms with van der Waals surface area (Å²) in [5.74, 6) is 2.28. The van der Waals surface area contributed by atoms with E-state index in [-0.39, 0.29) is 24.5 Å². The summed E-state index contributed by atoms with van der Waals surface area (Å²) in [5, 5.41) is 5.59. The molecule has 2 N–H and O–H groups in total. The van der Waals surface area contributed by atoms with E-state index in [1.165, 1.54) is 4.90 Å². The van der Waals surface area contributed by atoms with Gasteiger partial charge in [0, 0.05) is 24.3 Å². The maximum atomic E-state index is 11.9. The van der Waals surface area contributed by atoms with Crippen LogP contribution < -0.4 is 10.6 Å². The Morgan fingerprint density at radius 3 is 2.48 bits per heavy atom. The van der Waals surface area contributed by atoms with Crippen LogP contribution >= 0.6 is 0 Å². The molecule has 0 bridgehead atoms. The van der Waals surface area contributed by atoms with Crippen LogP contribution in [-0.4, -0.2) is 36.5 Å². The summed E-state index contributed by atoms with van der Waals surface area (Å²) in [6.07, 6.45) is 6.03.